The van der Waals surface area contributed by atoms with Gasteiger partial charge in [-0.25, -0.2) is 28.4 Å². The third-order valence-electron chi connectivity index (χ3n) is 8.73. The van der Waals surface area contributed by atoms with Crippen LogP contribution in [0.15, 0.2) is 66.8 Å². The number of nitrogens with zero attached hydrogens (tertiary/aromatic N) is 4. The molecule has 0 aromatic heterocycles. The Morgan fingerprint density at radius 3 is 1.78 bits per heavy atom. The van der Waals surface area contributed by atoms with E-state index in [1.54, 1.807) is 12.1 Å². The van der Waals surface area contributed by atoms with Gasteiger partial charge in [0, 0.05) is 94.7 Å². The van der Waals surface area contributed by atoms with Gasteiger partial charge < -0.3 is 30.2 Å². The summed E-state index contributed by atoms with van der Waals surface area (Å²) in [6.07, 6.45) is 3.28. The number of fused-ring (bicyclic) bond motifs is 1. The number of aryl methyl sites for hydroxylation is 1. The summed E-state index contributed by atoms with van der Waals surface area (Å²) < 4.78 is 13.5. The van der Waals surface area contributed by atoms with Crippen LogP contribution in [0.25, 0.3) is 0 Å². The fourth-order valence-corrected chi connectivity index (χ4v) is 6.27. The Labute approximate surface area is 290 Å². The lowest BCUT2D eigenvalue weighted by Gasteiger charge is -2.39. The van der Waals surface area contributed by atoms with Crippen LogP contribution in [0.5, 0.6) is 0 Å². The predicted molar refractivity (Wildman–Crippen MR) is 182 cm³/mol. The largest absolute Gasteiger partial charge is 0.478 e. The number of piperazine rings is 1. The fourth-order valence-electron chi connectivity index (χ4n) is 6.27. The van der Waals surface area contributed by atoms with Gasteiger partial charge in [-0.2, -0.15) is 0 Å². The highest BCUT2D eigenvalue weighted by molar-refractivity contribution is 5.90. The van der Waals surface area contributed by atoms with Gasteiger partial charge in [0.25, 0.3) is 0 Å². The van der Waals surface area contributed by atoms with E-state index in [-0.39, 0.29) is 17.9 Å². The summed E-state index contributed by atoms with van der Waals surface area (Å²) in [5, 5.41) is 31.2. The van der Waals surface area contributed by atoms with Crippen molar-refractivity contribution in [2.75, 3.05) is 52.4 Å². The molecule has 2 unspecified atom stereocenters. The molecule has 2 atom stereocenters. The number of carboxylic acid groups (broad SMARTS) is 4. The Balaban J connectivity index is 0.000000352. The second-order valence-corrected chi connectivity index (χ2v) is 12.4. The predicted octanol–water partition coefficient (Wildman–Crippen LogP) is 3.90. The maximum Gasteiger partial charge on any atom is 0.328 e. The number of rotatable bonds is 10. The van der Waals surface area contributed by atoms with Crippen molar-refractivity contribution in [1.82, 2.24) is 19.6 Å². The summed E-state index contributed by atoms with van der Waals surface area (Å²) in [4.78, 5) is 59.9. The van der Waals surface area contributed by atoms with Crippen molar-refractivity contribution in [2.45, 2.75) is 45.2 Å². The van der Waals surface area contributed by atoms with Gasteiger partial charge in [0.2, 0.25) is 0 Å². The lowest BCUT2D eigenvalue weighted by molar-refractivity contribution is -0.134. The zero-order chi connectivity index (χ0) is 37.0. The highest BCUT2D eigenvalue weighted by Gasteiger charge is 2.37. The fraction of sp³-hybridized carbons (Fsp3) is 0.417. The Hall–Kier alpha value is -5.08. The molecule has 2 aromatic carbocycles. The summed E-state index contributed by atoms with van der Waals surface area (Å²) in [5.41, 5.74) is 5.33. The summed E-state index contributed by atoms with van der Waals surface area (Å²) >= 11 is 0. The molecule has 2 aliphatic heterocycles. The van der Waals surface area contributed by atoms with Crippen LogP contribution < -0.4 is 0 Å². The molecule has 50 heavy (non-hydrogen) atoms. The molecule has 0 radical (unpaired) electrons. The van der Waals surface area contributed by atoms with Crippen molar-refractivity contribution >= 4 is 29.9 Å². The van der Waals surface area contributed by atoms with Crippen LogP contribution in [0.3, 0.4) is 0 Å². The summed E-state index contributed by atoms with van der Waals surface area (Å²) in [6.45, 7) is 13.9. The maximum absolute atomic E-state index is 13.5. The lowest BCUT2D eigenvalue weighted by Crippen LogP contribution is -2.49. The van der Waals surface area contributed by atoms with Crippen molar-refractivity contribution in [2.24, 2.45) is 0 Å². The van der Waals surface area contributed by atoms with Crippen LogP contribution in [-0.2, 0) is 19.2 Å². The van der Waals surface area contributed by atoms with E-state index in [0.29, 0.717) is 36.3 Å². The molecule has 0 saturated carbocycles. The minimum atomic E-state index is -1.26. The molecule has 13 nitrogen and oxygen atoms in total. The van der Waals surface area contributed by atoms with Gasteiger partial charge in [-0.05, 0) is 56.0 Å². The number of halogens is 1. The molecule has 4 N–H and O–H groups in total. The number of carbonyl (C=O) groups excluding carboxylic acids is 1. The van der Waals surface area contributed by atoms with Crippen molar-refractivity contribution in [1.29, 1.82) is 0 Å². The normalized spacial score (nSPS) is 19.3. The van der Waals surface area contributed by atoms with E-state index in [4.69, 9.17) is 20.4 Å². The van der Waals surface area contributed by atoms with Crippen LogP contribution in [0, 0.1) is 12.7 Å². The molecule has 3 aliphatic rings. The van der Waals surface area contributed by atoms with Crippen molar-refractivity contribution < 1.29 is 48.8 Å². The number of hydrogen-bond donors (Lipinski definition) is 4. The Morgan fingerprint density at radius 1 is 0.760 bits per heavy atom. The van der Waals surface area contributed by atoms with Gasteiger partial charge in [-0.1, -0.05) is 35.9 Å². The summed E-state index contributed by atoms with van der Waals surface area (Å²) in [6, 6.07) is 14.8. The lowest BCUT2D eigenvalue weighted by atomic mass is 9.92. The monoisotopic (exact) mass is 696 g/mol. The van der Waals surface area contributed by atoms with Crippen LogP contribution in [0.1, 0.15) is 54.5 Å². The minimum Gasteiger partial charge on any atom is -0.478 e. The first-order valence-corrected chi connectivity index (χ1v) is 16.3. The standard InChI is InChI=1S/C28H37FN4O.2C4H4O4/c1-20(2)33-17-16-32(28(33)34)15-12-30-10-13-31(14-11-30)27-19-25(22-5-7-23(29)8-6-22)26-18-21(3)4-9-24(26)27;2*5-3(6)1-2-4(7)8/h4-9,18,20,25,27H,10-17,19H2,1-3H3;2*1-2H,(H,5,6)(H,7,8)/b;2*2-1-. The number of carbonyl (C=O) groups is 5. The molecular formula is C36H45FN4O9. The Kier molecular flexibility index (Phi) is 14.7. The molecule has 270 valence electrons. The van der Waals surface area contributed by atoms with E-state index in [2.05, 4.69) is 48.8 Å². The molecule has 14 heteroatoms. The zero-order valence-electron chi connectivity index (χ0n) is 28.4. The van der Waals surface area contributed by atoms with Gasteiger partial charge in [0.15, 0.2) is 0 Å². The Bertz CT molecular complexity index is 1500. The quantitative estimate of drug-likeness (QED) is 0.265. The highest BCUT2D eigenvalue weighted by Crippen LogP contribution is 2.47. The number of benzene rings is 2. The number of amides is 2. The van der Waals surface area contributed by atoms with Gasteiger partial charge >= 0.3 is 29.9 Å². The SMILES string of the molecule is Cc1ccc2c(c1)C(c1ccc(F)cc1)CC2N1CCN(CCN2CCN(C(C)C)C2=O)CC1.O=C(O)/C=C\C(=O)O.O=C(O)/C=C\C(=O)O. The molecule has 2 amide bonds. The zero-order valence-corrected chi connectivity index (χ0v) is 28.4. The van der Waals surface area contributed by atoms with Gasteiger partial charge in [-0.3, -0.25) is 9.80 Å². The highest BCUT2D eigenvalue weighted by atomic mass is 19.1. The van der Waals surface area contributed by atoms with E-state index >= 15 is 0 Å². The molecule has 5 rings (SSSR count). The average molecular weight is 697 g/mol. The topological polar surface area (TPSA) is 179 Å². The molecule has 2 aromatic rings. The van der Waals surface area contributed by atoms with Crippen LogP contribution in [0.2, 0.25) is 0 Å². The number of carboxylic acids is 4. The molecule has 0 spiro atoms. The second-order valence-electron chi connectivity index (χ2n) is 12.4. The second kappa shape index (κ2) is 18.6. The summed E-state index contributed by atoms with van der Waals surface area (Å²) in [5.74, 6) is -4.88. The maximum atomic E-state index is 13.5. The Morgan fingerprint density at radius 2 is 1.30 bits per heavy atom. The number of urea groups is 1. The smallest absolute Gasteiger partial charge is 0.328 e. The van der Waals surface area contributed by atoms with Gasteiger partial charge in [0.05, 0.1) is 0 Å². The average Bonchev–Trinajstić information content (AvgIpc) is 3.63. The molecule has 1 aliphatic carbocycles. The van der Waals surface area contributed by atoms with Crippen LogP contribution >= 0.6 is 0 Å². The molecular weight excluding hydrogens is 651 g/mol. The van der Waals surface area contributed by atoms with E-state index < -0.39 is 23.9 Å². The van der Waals surface area contributed by atoms with Crippen molar-refractivity contribution in [3.05, 3.63) is 94.8 Å². The summed E-state index contributed by atoms with van der Waals surface area (Å²) in [7, 11) is 0. The van der Waals surface area contributed by atoms with Crippen molar-refractivity contribution in [3.63, 3.8) is 0 Å². The van der Waals surface area contributed by atoms with Crippen molar-refractivity contribution in [3.8, 4) is 0 Å². The third kappa shape index (κ3) is 11.8. The van der Waals surface area contributed by atoms with Gasteiger partial charge in [0.1, 0.15) is 5.82 Å². The first-order chi connectivity index (χ1) is 23.7. The van der Waals surface area contributed by atoms with E-state index in [9.17, 15) is 28.4 Å². The van der Waals surface area contributed by atoms with Crippen LogP contribution in [-0.4, -0.2) is 128 Å². The van der Waals surface area contributed by atoms with Crippen LogP contribution in [0.4, 0.5) is 9.18 Å². The number of aliphatic carboxylic acids is 4. The molecule has 2 fully saturated rings. The minimum absolute atomic E-state index is 0.175. The first-order valence-electron chi connectivity index (χ1n) is 16.3. The number of hydrogen-bond acceptors (Lipinski definition) is 7. The molecule has 2 saturated heterocycles. The first kappa shape index (κ1) is 39.4. The van der Waals surface area contributed by atoms with E-state index in [0.717, 1.165) is 58.8 Å². The van der Waals surface area contributed by atoms with E-state index in [1.807, 2.05) is 21.9 Å². The third-order valence-corrected chi connectivity index (χ3v) is 8.73. The molecule has 0 bridgehead atoms. The molecule has 2 heterocycles. The van der Waals surface area contributed by atoms with Gasteiger partial charge in [-0.15, -0.1) is 0 Å². The van der Waals surface area contributed by atoms with E-state index in [1.165, 1.54) is 22.3 Å².